The topological polar surface area (TPSA) is 41.0 Å². The van der Waals surface area contributed by atoms with Gasteiger partial charge in [0, 0.05) is 18.8 Å². The minimum Gasteiger partial charge on any atom is -0.323 e. The summed E-state index contributed by atoms with van der Waals surface area (Å²) in [6.07, 6.45) is 1.76. The lowest BCUT2D eigenvalue weighted by molar-refractivity contribution is 0.196. The zero-order chi connectivity index (χ0) is 15.2. The van der Waals surface area contributed by atoms with Gasteiger partial charge in [0.2, 0.25) is 0 Å². The third kappa shape index (κ3) is 3.89. The van der Waals surface area contributed by atoms with Crippen LogP contribution < -0.4 is 5.56 Å². The molecule has 0 saturated heterocycles. The van der Waals surface area contributed by atoms with Gasteiger partial charge in [-0.3, -0.25) is 14.7 Å². The lowest BCUT2D eigenvalue weighted by Gasteiger charge is -2.30. The summed E-state index contributed by atoms with van der Waals surface area (Å²) in [5.41, 5.74) is 1.10. The molecule has 0 spiro atoms. The van der Waals surface area contributed by atoms with Crippen LogP contribution in [0, 0.1) is 4.77 Å². The Morgan fingerprint density at radius 2 is 1.86 bits per heavy atom. The average Bonchev–Trinajstić information content (AvgIpc) is 2.50. The van der Waals surface area contributed by atoms with Crippen molar-refractivity contribution in [3.8, 4) is 0 Å². The number of nitrogens with zero attached hydrogens (tertiary/aromatic N) is 2. The molecule has 1 unspecified atom stereocenters. The van der Waals surface area contributed by atoms with Crippen molar-refractivity contribution in [1.29, 1.82) is 0 Å². The highest BCUT2D eigenvalue weighted by atomic mass is 32.1. The highest BCUT2D eigenvalue weighted by Crippen LogP contribution is 2.22. The normalized spacial score (nSPS) is 12.5. The van der Waals surface area contributed by atoms with Crippen LogP contribution >= 0.6 is 12.2 Å². The quantitative estimate of drug-likeness (QED) is 0.834. The van der Waals surface area contributed by atoms with Gasteiger partial charge in [-0.1, -0.05) is 44.2 Å². The SMILES string of the molecule is CCN(CC)C(Cn1ccc(=O)[nH]c1=S)c1ccccc1. The van der Waals surface area contributed by atoms with Gasteiger partial charge in [-0.15, -0.1) is 0 Å². The maximum absolute atomic E-state index is 11.3. The molecule has 2 rings (SSSR count). The fourth-order valence-electron chi connectivity index (χ4n) is 2.55. The molecule has 4 nitrogen and oxygen atoms in total. The van der Waals surface area contributed by atoms with Crippen molar-refractivity contribution >= 4 is 12.2 Å². The molecule has 0 aliphatic rings. The van der Waals surface area contributed by atoms with E-state index in [1.807, 2.05) is 10.6 Å². The van der Waals surface area contributed by atoms with E-state index in [9.17, 15) is 4.79 Å². The first-order chi connectivity index (χ1) is 10.2. The number of H-pyrrole nitrogens is 1. The van der Waals surface area contributed by atoms with E-state index in [0.29, 0.717) is 4.77 Å². The number of rotatable bonds is 6. The largest absolute Gasteiger partial charge is 0.323 e. The molecule has 1 atom stereocenters. The van der Waals surface area contributed by atoms with Gasteiger partial charge >= 0.3 is 0 Å². The predicted octanol–water partition coefficient (Wildman–Crippen LogP) is 2.99. The molecule has 2 aromatic rings. The Balaban J connectivity index is 2.36. The molecule has 112 valence electrons. The molecule has 0 bridgehead atoms. The molecule has 1 aromatic heterocycles. The zero-order valence-electron chi connectivity index (χ0n) is 12.5. The molecule has 1 heterocycles. The Morgan fingerprint density at radius 1 is 1.19 bits per heavy atom. The second-order valence-electron chi connectivity index (χ2n) is 4.91. The molecule has 0 radical (unpaired) electrons. The van der Waals surface area contributed by atoms with E-state index in [2.05, 4.69) is 48.0 Å². The fraction of sp³-hybridized carbons (Fsp3) is 0.375. The van der Waals surface area contributed by atoms with Crippen molar-refractivity contribution in [2.45, 2.75) is 26.4 Å². The maximum Gasteiger partial charge on any atom is 0.251 e. The van der Waals surface area contributed by atoms with Crippen LogP contribution in [0.15, 0.2) is 47.4 Å². The fourth-order valence-corrected chi connectivity index (χ4v) is 2.78. The number of aromatic amines is 1. The summed E-state index contributed by atoms with van der Waals surface area (Å²) in [5.74, 6) is 0. The number of hydrogen-bond acceptors (Lipinski definition) is 3. The van der Waals surface area contributed by atoms with E-state index >= 15 is 0 Å². The first-order valence-corrected chi connectivity index (χ1v) is 7.65. The molecular weight excluding hydrogens is 282 g/mol. The summed E-state index contributed by atoms with van der Waals surface area (Å²) in [6.45, 7) is 6.97. The van der Waals surface area contributed by atoms with Gasteiger partial charge in [0.25, 0.3) is 5.56 Å². The number of aromatic nitrogens is 2. The Morgan fingerprint density at radius 3 is 2.43 bits per heavy atom. The van der Waals surface area contributed by atoms with Gasteiger partial charge in [-0.25, -0.2) is 0 Å². The summed E-state index contributed by atoms with van der Waals surface area (Å²) >= 11 is 5.26. The van der Waals surface area contributed by atoms with Gasteiger partial charge in [-0.2, -0.15) is 0 Å². The van der Waals surface area contributed by atoms with Gasteiger partial charge in [0.15, 0.2) is 4.77 Å². The monoisotopic (exact) mass is 303 g/mol. The zero-order valence-corrected chi connectivity index (χ0v) is 13.3. The second kappa shape index (κ2) is 7.33. The van der Waals surface area contributed by atoms with E-state index in [0.717, 1.165) is 19.6 Å². The van der Waals surface area contributed by atoms with Crippen molar-refractivity contribution < 1.29 is 0 Å². The highest BCUT2D eigenvalue weighted by molar-refractivity contribution is 7.71. The van der Waals surface area contributed by atoms with Crippen LogP contribution in [0.4, 0.5) is 0 Å². The van der Waals surface area contributed by atoms with Crippen molar-refractivity contribution in [2.24, 2.45) is 0 Å². The average molecular weight is 303 g/mol. The Labute approximate surface area is 130 Å². The summed E-state index contributed by atoms with van der Waals surface area (Å²) < 4.78 is 2.39. The van der Waals surface area contributed by atoms with Crippen LogP contribution in [0.25, 0.3) is 0 Å². The van der Waals surface area contributed by atoms with Crippen molar-refractivity contribution in [3.05, 3.63) is 63.3 Å². The third-order valence-corrected chi connectivity index (χ3v) is 4.04. The van der Waals surface area contributed by atoms with Gasteiger partial charge < -0.3 is 4.57 Å². The summed E-state index contributed by atoms with van der Waals surface area (Å²) in [7, 11) is 0. The van der Waals surface area contributed by atoms with Crippen molar-refractivity contribution in [1.82, 2.24) is 14.5 Å². The smallest absolute Gasteiger partial charge is 0.251 e. The van der Waals surface area contributed by atoms with E-state index in [4.69, 9.17) is 12.2 Å². The number of benzene rings is 1. The molecular formula is C16H21N3OS. The molecule has 0 fully saturated rings. The van der Waals surface area contributed by atoms with Gasteiger partial charge in [0.05, 0.1) is 6.04 Å². The van der Waals surface area contributed by atoms with Gasteiger partial charge in [0.1, 0.15) is 0 Å². The van der Waals surface area contributed by atoms with E-state index in [1.54, 1.807) is 6.20 Å². The van der Waals surface area contributed by atoms with Crippen LogP contribution in [-0.4, -0.2) is 27.5 Å². The van der Waals surface area contributed by atoms with Gasteiger partial charge in [-0.05, 0) is 30.9 Å². The van der Waals surface area contributed by atoms with Crippen LogP contribution in [-0.2, 0) is 6.54 Å². The predicted molar refractivity (Wildman–Crippen MR) is 88.0 cm³/mol. The van der Waals surface area contributed by atoms with Crippen LogP contribution in [0.2, 0.25) is 0 Å². The third-order valence-electron chi connectivity index (χ3n) is 3.70. The van der Waals surface area contributed by atoms with Crippen molar-refractivity contribution in [3.63, 3.8) is 0 Å². The Kier molecular flexibility index (Phi) is 5.47. The molecule has 0 aliphatic heterocycles. The summed E-state index contributed by atoms with van der Waals surface area (Å²) in [4.78, 5) is 16.4. The number of hydrogen-bond donors (Lipinski definition) is 1. The minimum atomic E-state index is -0.157. The summed E-state index contributed by atoms with van der Waals surface area (Å²) in [5, 5.41) is 0. The standard InChI is InChI=1S/C16H21N3OS/c1-3-18(4-2)14(13-8-6-5-7-9-13)12-19-11-10-15(20)17-16(19)21/h5-11,14H,3-4,12H2,1-2H3,(H,17,20,21). The van der Waals surface area contributed by atoms with Crippen molar-refractivity contribution in [2.75, 3.05) is 13.1 Å². The molecule has 1 aromatic carbocycles. The molecule has 0 saturated carbocycles. The van der Waals surface area contributed by atoms with Crippen LogP contribution in [0.3, 0.4) is 0 Å². The Hall–Kier alpha value is -1.72. The van der Waals surface area contributed by atoms with Crippen LogP contribution in [0.5, 0.6) is 0 Å². The van der Waals surface area contributed by atoms with E-state index in [-0.39, 0.29) is 11.6 Å². The second-order valence-corrected chi connectivity index (χ2v) is 5.30. The molecule has 0 aliphatic carbocycles. The molecule has 21 heavy (non-hydrogen) atoms. The maximum atomic E-state index is 11.3. The summed E-state index contributed by atoms with van der Waals surface area (Å²) in [6, 6.07) is 12.2. The molecule has 5 heteroatoms. The Bertz CT molecular complexity index is 674. The lowest BCUT2D eigenvalue weighted by Crippen LogP contribution is -2.32. The number of likely N-dealkylation sites (N-methyl/N-ethyl adjacent to an activating group) is 1. The highest BCUT2D eigenvalue weighted by Gasteiger charge is 2.18. The number of nitrogens with one attached hydrogen (secondary N) is 1. The molecule has 1 N–H and O–H groups in total. The first-order valence-electron chi connectivity index (χ1n) is 7.24. The lowest BCUT2D eigenvalue weighted by atomic mass is 10.1. The van der Waals surface area contributed by atoms with E-state index in [1.165, 1.54) is 11.6 Å². The van der Waals surface area contributed by atoms with E-state index < -0.39 is 0 Å². The molecule has 0 amide bonds. The van der Waals surface area contributed by atoms with Crippen LogP contribution in [0.1, 0.15) is 25.5 Å². The first kappa shape index (κ1) is 15.7. The minimum absolute atomic E-state index is 0.157.